The van der Waals surface area contributed by atoms with Crippen molar-refractivity contribution in [1.82, 2.24) is 19.7 Å². The average molecular weight is 423 g/mol. The summed E-state index contributed by atoms with van der Waals surface area (Å²) >= 11 is 7.82. The number of hydrogen-bond acceptors (Lipinski definition) is 4. The van der Waals surface area contributed by atoms with Gasteiger partial charge in [0.25, 0.3) is 5.91 Å². The Morgan fingerprint density at radius 2 is 1.90 bits per heavy atom. The molecule has 1 aliphatic heterocycles. The van der Waals surface area contributed by atoms with Gasteiger partial charge in [-0.05, 0) is 61.4 Å². The SMILES string of the molecule is O=C(c1ccc(-n2cccn2)cc1)N1CCC(c2nc3cc(Cl)ccc3s2)CC1. The maximum Gasteiger partial charge on any atom is 0.253 e. The van der Waals surface area contributed by atoms with E-state index in [4.69, 9.17) is 16.6 Å². The first kappa shape index (κ1) is 18.3. The fourth-order valence-electron chi connectivity index (χ4n) is 3.78. The summed E-state index contributed by atoms with van der Waals surface area (Å²) in [4.78, 5) is 19.6. The van der Waals surface area contributed by atoms with Crippen molar-refractivity contribution in [3.63, 3.8) is 0 Å². The molecule has 1 saturated heterocycles. The van der Waals surface area contributed by atoms with E-state index >= 15 is 0 Å². The van der Waals surface area contributed by atoms with Crippen molar-refractivity contribution in [2.24, 2.45) is 0 Å². The van der Waals surface area contributed by atoms with Crippen molar-refractivity contribution in [2.75, 3.05) is 13.1 Å². The van der Waals surface area contributed by atoms with E-state index in [9.17, 15) is 4.79 Å². The molecule has 5 rings (SSSR count). The number of carbonyl (C=O) groups is 1. The lowest BCUT2D eigenvalue weighted by Crippen LogP contribution is -2.37. The predicted molar refractivity (Wildman–Crippen MR) is 116 cm³/mol. The van der Waals surface area contributed by atoms with Crippen molar-refractivity contribution >= 4 is 39.1 Å². The first-order chi connectivity index (χ1) is 14.2. The highest BCUT2D eigenvalue weighted by atomic mass is 35.5. The van der Waals surface area contributed by atoms with E-state index in [0.717, 1.165) is 42.1 Å². The van der Waals surface area contributed by atoms with Crippen LogP contribution in [0.15, 0.2) is 60.9 Å². The van der Waals surface area contributed by atoms with Gasteiger partial charge in [-0.15, -0.1) is 11.3 Å². The molecule has 0 saturated carbocycles. The number of fused-ring (bicyclic) bond motifs is 1. The summed E-state index contributed by atoms with van der Waals surface area (Å²) in [6.45, 7) is 1.50. The second-order valence-electron chi connectivity index (χ2n) is 7.23. The van der Waals surface area contributed by atoms with Gasteiger partial charge in [-0.3, -0.25) is 4.79 Å². The summed E-state index contributed by atoms with van der Waals surface area (Å²) in [7, 11) is 0. The topological polar surface area (TPSA) is 51.0 Å². The molecule has 146 valence electrons. The molecule has 7 heteroatoms. The van der Waals surface area contributed by atoms with Crippen LogP contribution in [0.4, 0.5) is 0 Å². The molecule has 5 nitrogen and oxygen atoms in total. The van der Waals surface area contributed by atoms with Crippen molar-refractivity contribution in [2.45, 2.75) is 18.8 Å². The summed E-state index contributed by atoms with van der Waals surface area (Å²) in [5.41, 5.74) is 2.63. The van der Waals surface area contributed by atoms with Gasteiger partial charge >= 0.3 is 0 Å². The van der Waals surface area contributed by atoms with Gasteiger partial charge in [0.1, 0.15) is 0 Å². The number of rotatable bonds is 3. The Morgan fingerprint density at radius 3 is 2.62 bits per heavy atom. The first-order valence-electron chi connectivity index (χ1n) is 9.63. The quantitative estimate of drug-likeness (QED) is 0.458. The highest BCUT2D eigenvalue weighted by Gasteiger charge is 2.26. The van der Waals surface area contributed by atoms with Crippen LogP contribution in [0.25, 0.3) is 15.9 Å². The Bertz CT molecular complexity index is 1150. The third kappa shape index (κ3) is 3.66. The van der Waals surface area contributed by atoms with Crippen LogP contribution in [0.3, 0.4) is 0 Å². The largest absolute Gasteiger partial charge is 0.339 e. The van der Waals surface area contributed by atoms with E-state index in [1.807, 2.05) is 59.6 Å². The van der Waals surface area contributed by atoms with Gasteiger partial charge in [0.2, 0.25) is 0 Å². The van der Waals surface area contributed by atoms with Crippen LogP contribution in [0, 0.1) is 0 Å². The fraction of sp³-hybridized carbons (Fsp3) is 0.227. The maximum atomic E-state index is 12.9. The van der Waals surface area contributed by atoms with Crippen LogP contribution in [-0.2, 0) is 0 Å². The highest BCUT2D eigenvalue weighted by Crippen LogP contribution is 2.35. The zero-order valence-corrected chi connectivity index (χ0v) is 17.2. The van der Waals surface area contributed by atoms with E-state index < -0.39 is 0 Å². The van der Waals surface area contributed by atoms with Gasteiger partial charge in [-0.1, -0.05) is 11.6 Å². The molecule has 0 N–H and O–H groups in total. The van der Waals surface area contributed by atoms with Gasteiger partial charge in [-0.25, -0.2) is 9.67 Å². The lowest BCUT2D eigenvalue weighted by molar-refractivity contribution is 0.0713. The van der Waals surface area contributed by atoms with Crippen molar-refractivity contribution in [3.8, 4) is 5.69 Å². The number of benzene rings is 2. The van der Waals surface area contributed by atoms with Crippen molar-refractivity contribution in [1.29, 1.82) is 0 Å². The summed E-state index contributed by atoms with van der Waals surface area (Å²) in [6.07, 6.45) is 5.50. The van der Waals surface area contributed by atoms with Crippen LogP contribution >= 0.6 is 22.9 Å². The van der Waals surface area contributed by atoms with Crippen LogP contribution < -0.4 is 0 Å². The maximum absolute atomic E-state index is 12.9. The molecule has 0 bridgehead atoms. The van der Waals surface area contributed by atoms with E-state index in [1.54, 1.807) is 22.2 Å². The zero-order chi connectivity index (χ0) is 19.8. The molecule has 0 atom stereocenters. The Hall–Kier alpha value is -2.70. The Balaban J connectivity index is 1.25. The molecule has 2 aromatic carbocycles. The number of nitrogens with zero attached hydrogens (tertiary/aromatic N) is 4. The number of piperidine rings is 1. The molecule has 1 amide bonds. The molecule has 3 heterocycles. The van der Waals surface area contributed by atoms with Gasteiger partial charge < -0.3 is 4.90 Å². The lowest BCUT2D eigenvalue weighted by atomic mass is 9.97. The number of halogens is 1. The molecular formula is C22H19ClN4OS. The van der Waals surface area contributed by atoms with E-state index in [1.165, 1.54) is 4.70 Å². The van der Waals surface area contributed by atoms with Crippen molar-refractivity contribution in [3.05, 3.63) is 76.5 Å². The minimum absolute atomic E-state index is 0.0894. The van der Waals surface area contributed by atoms with E-state index in [-0.39, 0.29) is 5.91 Å². The van der Waals surface area contributed by atoms with Crippen LogP contribution in [0.1, 0.15) is 34.1 Å². The Labute approximate surface area is 177 Å². The van der Waals surface area contributed by atoms with Crippen LogP contribution in [0.5, 0.6) is 0 Å². The molecule has 0 aliphatic carbocycles. The number of hydrogen-bond donors (Lipinski definition) is 0. The van der Waals surface area contributed by atoms with Gasteiger partial charge in [0.05, 0.1) is 20.9 Å². The van der Waals surface area contributed by atoms with Crippen LogP contribution in [-0.4, -0.2) is 38.7 Å². The van der Waals surface area contributed by atoms with Gasteiger partial charge in [0.15, 0.2) is 0 Å². The van der Waals surface area contributed by atoms with Gasteiger partial charge in [0, 0.05) is 42.0 Å². The number of aromatic nitrogens is 3. The monoisotopic (exact) mass is 422 g/mol. The smallest absolute Gasteiger partial charge is 0.253 e. The van der Waals surface area contributed by atoms with E-state index in [0.29, 0.717) is 16.5 Å². The van der Waals surface area contributed by atoms with Gasteiger partial charge in [-0.2, -0.15) is 5.10 Å². The third-order valence-electron chi connectivity index (χ3n) is 5.38. The summed E-state index contributed by atoms with van der Waals surface area (Å²) in [5.74, 6) is 0.490. The molecule has 1 fully saturated rings. The van der Waals surface area contributed by atoms with Crippen molar-refractivity contribution < 1.29 is 4.79 Å². The second kappa shape index (κ2) is 7.61. The summed E-state index contributed by atoms with van der Waals surface area (Å²) in [5, 5.41) is 6.08. The zero-order valence-electron chi connectivity index (χ0n) is 15.7. The molecule has 4 aromatic rings. The predicted octanol–water partition coefficient (Wildman–Crippen LogP) is 5.16. The fourth-order valence-corrected chi connectivity index (χ4v) is 5.07. The number of amides is 1. The molecule has 0 radical (unpaired) electrons. The lowest BCUT2D eigenvalue weighted by Gasteiger charge is -2.31. The minimum atomic E-state index is 0.0894. The molecule has 1 aliphatic rings. The molecular weight excluding hydrogens is 404 g/mol. The first-order valence-corrected chi connectivity index (χ1v) is 10.8. The number of likely N-dealkylation sites (tertiary alicyclic amines) is 1. The normalized spacial score (nSPS) is 15.1. The molecule has 29 heavy (non-hydrogen) atoms. The molecule has 2 aromatic heterocycles. The average Bonchev–Trinajstić information content (AvgIpc) is 3.43. The highest BCUT2D eigenvalue weighted by molar-refractivity contribution is 7.18. The standard InChI is InChI=1S/C22H19ClN4OS/c23-17-4-7-20-19(14-17)25-21(29-20)15-8-12-26(13-9-15)22(28)16-2-5-18(6-3-16)27-11-1-10-24-27/h1-7,10-11,14-15H,8-9,12-13H2. The molecule has 0 unspecified atom stereocenters. The number of carbonyl (C=O) groups excluding carboxylic acids is 1. The summed E-state index contributed by atoms with van der Waals surface area (Å²) in [6, 6.07) is 15.4. The third-order valence-corrected chi connectivity index (χ3v) is 6.81. The summed E-state index contributed by atoms with van der Waals surface area (Å²) < 4.78 is 2.95. The number of thiazole rings is 1. The Morgan fingerprint density at radius 1 is 1.10 bits per heavy atom. The van der Waals surface area contributed by atoms with E-state index in [2.05, 4.69) is 5.10 Å². The molecule has 0 spiro atoms. The second-order valence-corrected chi connectivity index (χ2v) is 8.73. The minimum Gasteiger partial charge on any atom is -0.339 e. The van der Waals surface area contributed by atoms with Crippen LogP contribution in [0.2, 0.25) is 5.02 Å². The Kier molecular flexibility index (Phi) is 4.81.